The number of hydrogen-bond acceptors (Lipinski definition) is 2. The molecule has 1 N–H and O–H groups in total. The molecular formula is C13H25N3. The number of aromatic nitrogens is 2. The molecule has 1 aromatic rings. The lowest BCUT2D eigenvalue weighted by Gasteiger charge is -2.16. The first-order valence-corrected chi connectivity index (χ1v) is 6.43. The van der Waals surface area contributed by atoms with Crippen LogP contribution in [-0.2, 0) is 6.54 Å². The van der Waals surface area contributed by atoms with Crippen molar-refractivity contribution in [1.82, 2.24) is 9.78 Å². The van der Waals surface area contributed by atoms with Crippen LogP contribution in [0.2, 0.25) is 0 Å². The van der Waals surface area contributed by atoms with Gasteiger partial charge in [0.1, 0.15) is 5.82 Å². The van der Waals surface area contributed by atoms with Crippen LogP contribution in [0.4, 0.5) is 5.82 Å². The van der Waals surface area contributed by atoms with Crippen LogP contribution >= 0.6 is 0 Å². The molecule has 0 unspecified atom stereocenters. The van der Waals surface area contributed by atoms with Gasteiger partial charge >= 0.3 is 0 Å². The normalized spacial score (nSPS) is 11.4. The van der Waals surface area contributed by atoms with E-state index in [0.29, 0.717) is 5.92 Å². The van der Waals surface area contributed by atoms with Gasteiger partial charge in [0.2, 0.25) is 0 Å². The maximum Gasteiger partial charge on any atom is 0.124 e. The van der Waals surface area contributed by atoms with Crippen molar-refractivity contribution in [1.29, 1.82) is 0 Å². The molecule has 1 aromatic heterocycles. The van der Waals surface area contributed by atoms with Crippen molar-refractivity contribution in [2.24, 2.45) is 11.8 Å². The highest BCUT2D eigenvalue weighted by Gasteiger charge is 2.07. The van der Waals surface area contributed by atoms with Crippen LogP contribution in [-0.4, -0.2) is 16.3 Å². The van der Waals surface area contributed by atoms with Crippen molar-refractivity contribution in [3.63, 3.8) is 0 Å². The molecule has 92 valence electrons. The largest absolute Gasteiger partial charge is 0.370 e. The predicted octanol–water partition coefficient (Wildman–Crippen LogP) is 3.39. The average molecular weight is 223 g/mol. The second-order valence-electron chi connectivity index (χ2n) is 4.86. The zero-order chi connectivity index (χ0) is 12.0. The van der Waals surface area contributed by atoms with E-state index in [1.54, 1.807) is 0 Å². The Morgan fingerprint density at radius 1 is 1.31 bits per heavy atom. The summed E-state index contributed by atoms with van der Waals surface area (Å²) in [6.45, 7) is 11.0. The van der Waals surface area contributed by atoms with Crippen LogP contribution in [0.15, 0.2) is 12.3 Å². The molecule has 1 rings (SSSR count). The molecule has 0 amide bonds. The molecule has 0 saturated carbocycles. The van der Waals surface area contributed by atoms with E-state index in [1.165, 1.54) is 12.8 Å². The van der Waals surface area contributed by atoms with Crippen molar-refractivity contribution in [2.75, 3.05) is 11.9 Å². The highest BCUT2D eigenvalue weighted by Crippen LogP contribution is 2.12. The van der Waals surface area contributed by atoms with Crippen LogP contribution in [0.5, 0.6) is 0 Å². The van der Waals surface area contributed by atoms with E-state index in [0.717, 1.165) is 24.8 Å². The van der Waals surface area contributed by atoms with Gasteiger partial charge in [0.25, 0.3) is 0 Å². The molecule has 0 spiro atoms. The van der Waals surface area contributed by atoms with Gasteiger partial charge < -0.3 is 5.32 Å². The van der Waals surface area contributed by atoms with E-state index >= 15 is 0 Å². The first-order chi connectivity index (χ1) is 7.67. The van der Waals surface area contributed by atoms with Crippen molar-refractivity contribution in [3.8, 4) is 0 Å². The Morgan fingerprint density at radius 2 is 2.00 bits per heavy atom. The van der Waals surface area contributed by atoms with Crippen molar-refractivity contribution >= 4 is 5.82 Å². The van der Waals surface area contributed by atoms with E-state index in [4.69, 9.17) is 0 Å². The Kier molecular flexibility index (Phi) is 5.36. The van der Waals surface area contributed by atoms with Crippen LogP contribution < -0.4 is 5.32 Å². The zero-order valence-electron chi connectivity index (χ0n) is 11.0. The maximum atomic E-state index is 4.34. The zero-order valence-corrected chi connectivity index (χ0v) is 11.0. The predicted molar refractivity (Wildman–Crippen MR) is 69.6 cm³/mol. The summed E-state index contributed by atoms with van der Waals surface area (Å²) in [7, 11) is 0. The lowest BCUT2D eigenvalue weighted by atomic mass is 10.0. The molecule has 0 aliphatic heterocycles. The monoisotopic (exact) mass is 223 g/mol. The Labute approximate surface area is 99.2 Å². The summed E-state index contributed by atoms with van der Waals surface area (Å²) < 4.78 is 2.06. The smallest absolute Gasteiger partial charge is 0.124 e. The molecule has 3 nitrogen and oxygen atoms in total. The van der Waals surface area contributed by atoms with E-state index in [-0.39, 0.29) is 0 Å². The third-order valence-corrected chi connectivity index (χ3v) is 2.98. The minimum absolute atomic E-state index is 0.633. The summed E-state index contributed by atoms with van der Waals surface area (Å²) >= 11 is 0. The second kappa shape index (κ2) is 6.56. The topological polar surface area (TPSA) is 29.9 Å². The van der Waals surface area contributed by atoms with Gasteiger partial charge in [-0.25, -0.2) is 4.68 Å². The molecule has 0 radical (unpaired) electrons. The average Bonchev–Trinajstić information content (AvgIpc) is 2.66. The maximum absolute atomic E-state index is 4.34. The molecule has 3 heteroatoms. The lowest BCUT2D eigenvalue weighted by Crippen LogP contribution is -2.17. The van der Waals surface area contributed by atoms with Crippen LogP contribution in [0.25, 0.3) is 0 Å². The van der Waals surface area contributed by atoms with Gasteiger partial charge in [-0.15, -0.1) is 0 Å². The minimum atomic E-state index is 0.633. The van der Waals surface area contributed by atoms with E-state index in [9.17, 15) is 0 Å². The van der Waals surface area contributed by atoms with Gasteiger partial charge in [-0.2, -0.15) is 5.10 Å². The lowest BCUT2D eigenvalue weighted by molar-refractivity contribution is 0.480. The number of hydrogen-bond donors (Lipinski definition) is 1. The quantitative estimate of drug-likeness (QED) is 0.768. The summed E-state index contributed by atoms with van der Waals surface area (Å²) in [5.74, 6) is 2.55. The summed E-state index contributed by atoms with van der Waals surface area (Å²) in [6, 6.07) is 2.06. The minimum Gasteiger partial charge on any atom is -0.370 e. The highest BCUT2D eigenvalue weighted by molar-refractivity contribution is 5.33. The third kappa shape index (κ3) is 3.87. The van der Waals surface area contributed by atoms with Gasteiger partial charge in [0.15, 0.2) is 0 Å². The van der Waals surface area contributed by atoms with Gasteiger partial charge in [0.05, 0.1) is 6.20 Å². The first-order valence-electron chi connectivity index (χ1n) is 6.43. The summed E-state index contributed by atoms with van der Waals surface area (Å²) in [5.41, 5.74) is 0. The van der Waals surface area contributed by atoms with E-state index < -0.39 is 0 Å². The van der Waals surface area contributed by atoms with Gasteiger partial charge in [-0.3, -0.25) is 0 Å². The van der Waals surface area contributed by atoms with E-state index in [2.05, 4.69) is 48.9 Å². The van der Waals surface area contributed by atoms with Crippen molar-refractivity contribution < 1.29 is 0 Å². The number of nitrogens with one attached hydrogen (secondary N) is 1. The van der Waals surface area contributed by atoms with Crippen molar-refractivity contribution in [2.45, 2.75) is 47.1 Å². The van der Waals surface area contributed by atoms with Gasteiger partial charge in [-0.1, -0.05) is 40.5 Å². The summed E-state index contributed by atoms with van der Waals surface area (Å²) in [6.07, 6.45) is 4.35. The molecule has 0 saturated heterocycles. The summed E-state index contributed by atoms with van der Waals surface area (Å²) in [5, 5.41) is 7.84. The van der Waals surface area contributed by atoms with E-state index in [1.807, 2.05) is 6.20 Å². The Balaban J connectivity index is 2.50. The fraction of sp³-hybridized carbons (Fsp3) is 0.769. The molecule has 0 bridgehead atoms. The molecular weight excluding hydrogens is 198 g/mol. The summed E-state index contributed by atoms with van der Waals surface area (Å²) in [4.78, 5) is 0. The van der Waals surface area contributed by atoms with Crippen molar-refractivity contribution in [3.05, 3.63) is 12.3 Å². The number of rotatable bonds is 7. The fourth-order valence-corrected chi connectivity index (χ4v) is 1.80. The molecule has 0 aliphatic carbocycles. The Morgan fingerprint density at radius 3 is 2.56 bits per heavy atom. The van der Waals surface area contributed by atoms with Crippen LogP contribution in [0.1, 0.15) is 40.5 Å². The van der Waals surface area contributed by atoms with Gasteiger partial charge in [0, 0.05) is 19.2 Å². The Bertz CT molecular complexity index is 287. The fourth-order valence-electron chi connectivity index (χ4n) is 1.80. The highest BCUT2D eigenvalue weighted by atomic mass is 15.3. The Hall–Kier alpha value is -0.990. The molecule has 0 aromatic carbocycles. The molecule has 16 heavy (non-hydrogen) atoms. The SMILES string of the molecule is CCC(CC)CNc1ccnn1CC(C)C. The van der Waals surface area contributed by atoms with Crippen LogP contribution in [0, 0.1) is 11.8 Å². The molecule has 0 atom stereocenters. The molecule has 0 fully saturated rings. The molecule has 1 heterocycles. The van der Waals surface area contributed by atoms with Gasteiger partial charge in [-0.05, 0) is 11.8 Å². The second-order valence-corrected chi connectivity index (χ2v) is 4.86. The first kappa shape index (κ1) is 13.1. The standard InChI is InChI=1S/C13H25N3/c1-5-12(6-2)9-14-13-7-8-15-16(13)10-11(3)4/h7-8,11-12,14H,5-6,9-10H2,1-4H3. The van der Waals surface area contributed by atoms with Crippen LogP contribution in [0.3, 0.4) is 0 Å². The number of anilines is 1. The molecule has 0 aliphatic rings. The third-order valence-electron chi connectivity index (χ3n) is 2.98. The number of nitrogens with zero attached hydrogens (tertiary/aromatic N) is 2.